The van der Waals surface area contributed by atoms with Gasteiger partial charge in [0.25, 0.3) is 0 Å². The van der Waals surface area contributed by atoms with Crippen molar-refractivity contribution >= 4 is 52.9 Å². The monoisotopic (exact) mass is 702 g/mol. The molecule has 4 atom stereocenters. The van der Waals surface area contributed by atoms with Gasteiger partial charge in [-0.1, -0.05) is 80.1 Å². The van der Waals surface area contributed by atoms with E-state index in [0.717, 1.165) is 22.3 Å². The van der Waals surface area contributed by atoms with Crippen LogP contribution in [0.4, 0.5) is 0 Å². The van der Waals surface area contributed by atoms with Crippen LogP contribution in [0.3, 0.4) is 0 Å². The van der Waals surface area contributed by atoms with E-state index in [1.807, 2.05) is 42.5 Å². The molecule has 3 aromatic carbocycles. The largest absolute Gasteiger partial charge is 0.504 e. The number of carbonyl (C=O) groups is 2. The van der Waals surface area contributed by atoms with E-state index in [2.05, 4.69) is 54.6 Å². The zero-order chi connectivity index (χ0) is 31.1. The highest BCUT2D eigenvalue weighted by Gasteiger charge is 2.53. The normalized spacial score (nSPS) is 23.4. The van der Waals surface area contributed by atoms with Crippen LogP contribution in [0, 0.1) is 27.2 Å². The lowest BCUT2D eigenvalue weighted by Gasteiger charge is -2.48. The predicted octanol–water partition coefficient (Wildman–Crippen LogP) is 7.49. The van der Waals surface area contributed by atoms with Crippen molar-refractivity contribution in [2.45, 2.75) is 45.5 Å². The summed E-state index contributed by atoms with van der Waals surface area (Å²) in [7, 11) is 0.518. The van der Waals surface area contributed by atoms with E-state index >= 15 is 0 Å². The Labute approximate surface area is 272 Å². The molecule has 2 N–H and O–H groups in total. The molecule has 1 fully saturated rings. The number of hydrogen-bond acceptors (Lipinski definition) is 6. The van der Waals surface area contributed by atoms with Gasteiger partial charge in [-0.25, -0.2) is 0 Å². The zero-order valence-corrected chi connectivity index (χ0v) is 27.3. The Morgan fingerprint density at radius 3 is 2.41 bits per heavy atom. The summed E-state index contributed by atoms with van der Waals surface area (Å²) < 4.78 is 12.4. The summed E-state index contributed by atoms with van der Waals surface area (Å²) in [4.78, 5) is 27.7. The van der Waals surface area contributed by atoms with E-state index < -0.39 is 19.0 Å². The number of ether oxygens (including phenoxy) is 1. The smallest absolute Gasteiger partial charge is 0.455 e. The van der Waals surface area contributed by atoms with E-state index in [0.29, 0.717) is 46.0 Å². The molecule has 44 heavy (non-hydrogen) atoms. The van der Waals surface area contributed by atoms with Crippen LogP contribution in [0.1, 0.15) is 65.0 Å². The van der Waals surface area contributed by atoms with Crippen molar-refractivity contribution in [3.63, 3.8) is 0 Å². The molecule has 0 aromatic heterocycles. The van der Waals surface area contributed by atoms with Crippen LogP contribution in [0.5, 0.6) is 11.5 Å². The maximum atomic E-state index is 14.0. The van der Waals surface area contributed by atoms with Crippen LogP contribution in [0.15, 0.2) is 77.9 Å². The van der Waals surface area contributed by atoms with Gasteiger partial charge in [0.1, 0.15) is 0 Å². The maximum Gasteiger partial charge on any atom is 0.455 e. The molecule has 3 aromatic rings. The summed E-state index contributed by atoms with van der Waals surface area (Å²) in [6.07, 6.45) is 3.80. The molecule has 2 aliphatic carbocycles. The number of Topliss-reactive ketones (excluding diaryl/α,β-unsaturated/α-hetero) is 2. The van der Waals surface area contributed by atoms with Gasteiger partial charge in [0, 0.05) is 23.0 Å². The molecule has 0 spiro atoms. The number of allylic oxidation sites excluding steroid dienone is 2. The Morgan fingerprint density at radius 2 is 1.73 bits per heavy atom. The molecule has 0 radical (unpaired) electrons. The van der Waals surface area contributed by atoms with Crippen molar-refractivity contribution in [3.05, 3.63) is 104 Å². The van der Waals surface area contributed by atoms with Crippen molar-refractivity contribution < 1.29 is 29.1 Å². The number of methoxy groups -OCH3 is 1. The first-order valence-corrected chi connectivity index (χ1v) is 16.3. The molecule has 3 aliphatic rings. The fraction of sp³-hybridized carbons (Fsp3) is 0.333. The molecule has 6 nitrogen and oxygen atoms in total. The van der Waals surface area contributed by atoms with Crippen LogP contribution in [0.2, 0.25) is 6.32 Å². The Morgan fingerprint density at radius 1 is 1.05 bits per heavy atom. The fourth-order valence-electron chi connectivity index (χ4n) is 7.43. The highest BCUT2D eigenvalue weighted by atomic mass is 127. The molecule has 1 aliphatic heterocycles. The minimum atomic E-state index is -1.02. The number of carbonyl (C=O) groups excluding carboxylic acids is 2. The maximum absolute atomic E-state index is 14.0. The van der Waals surface area contributed by atoms with Gasteiger partial charge in [-0.15, -0.1) is 0 Å². The average Bonchev–Trinajstić information content (AvgIpc) is 3.02. The predicted molar refractivity (Wildman–Crippen MR) is 181 cm³/mol. The number of aromatic hydroxyl groups is 1. The molecular weight excluding hydrogens is 666 g/mol. The van der Waals surface area contributed by atoms with E-state index in [4.69, 9.17) is 9.39 Å². The highest BCUT2D eigenvalue weighted by molar-refractivity contribution is 14.1. The molecule has 0 saturated carbocycles. The summed E-state index contributed by atoms with van der Waals surface area (Å²) in [6.45, 7) is 4.28. The van der Waals surface area contributed by atoms with Gasteiger partial charge < -0.3 is 19.5 Å². The van der Waals surface area contributed by atoms with Crippen molar-refractivity contribution in [1.82, 2.24) is 0 Å². The quantitative estimate of drug-likeness (QED) is 0.115. The van der Waals surface area contributed by atoms with Gasteiger partial charge >= 0.3 is 7.12 Å². The fourth-order valence-corrected chi connectivity index (χ4v) is 8.05. The third kappa shape index (κ3) is 5.68. The number of rotatable bonds is 7. The number of fused-ring (bicyclic) bond motifs is 4. The third-order valence-electron chi connectivity index (χ3n) is 9.43. The lowest BCUT2D eigenvalue weighted by Crippen LogP contribution is -2.51. The number of ketones is 2. The molecule has 226 valence electrons. The minimum absolute atomic E-state index is 0.00380. The molecule has 0 amide bonds. The topological polar surface area (TPSA) is 93.1 Å². The summed E-state index contributed by atoms with van der Waals surface area (Å²) in [6, 6.07) is 21.0. The molecule has 8 heteroatoms. The minimum Gasteiger partial charge on any atom is -0.504 e. The first-order chi connectivity index (χ1) is 21.2. The number of phenols is 1. The summed E-state index contributed by atoms with van der Waals surface area (Å²) in [5.41, 5.74) is 6.33. The standard InChI is InChI=1S/C36H36BIO6/c1-20(2)26-18-27-33(35(40)25-12-8-7-11-24(25)34(27)39)28-19-37(42)44-30(32(26)28)14-13-23(22-9-5-4-6-10-22)15-21-16-29(38)36(41)31(17-21)43-3/h4-12,15-17,20,27-28,30,33,41-42H,13-14,18-19H2,1-3H3/b23-15-/t27-,28+,30-,33-/m1/s1. The second-order valence-electron chi connectivity index (χ2n) is 12.3. The zero-order valence-electron chi connectivity index (χ0n) is 25.1. The van der Waals surface area contributed by atoms with E-state index in [1.54, 1.807) is 12.1 Å². The first kappa shape index (κ1) is 30.8. The number of benzene rings is 3. The van der Waals surface area contributed by atoms with E-state index in [9.17, 15) is 19.7 Å². The van der Waals surface area contributed by atoms with E-state index in [-0.39, 0.29) is 35.3 Å². The van der Waals surface area contributed by atoms with E-state index in [1.165, 1.54) is 12.7 Å². The first-order valence-electron chi connectivity index (χ1n) is 15.2. The Bertz CT molecular complexity index is 1660. The molecule has 1 heterocycles. The number of hydrogen-bond donors (Lipinski definition) is 2. The Kier molecular flexibility index (Phi) is 8.86. The van der Waals surface area contributed by atoms with Crippen LogP contribution in [0.25, 0.3) is 11.6 Å². The number of halogens is 1. The van der Waals surface area contributed by atoms with Crippen molar-refractivity contribution in [2.24, 2.45) is 23.7 Å². The van der Waals surface area contributed by atoms with Crippen molar-refractivity contribution in [3.8, 4) is 11.5 Å². The van der Waals surface area contributed by atoms with Crippen molar-refractivity contribution in [2.75, 3.05) is 7.11 Å². The molecule has 6 rings (SSSR count). The number of phenolic OH excluding ortho intramolecular Hbond substituents is 1. The van der Waals surface area contributed by atoms with Crippen LogP contribution in [-0.4, -0.2) is 42.0 Å². The second-order valence-corrected chi connectivity index (χ2v) is 13.5. The van der Waals surface area contributed by atoms with Gasteiger partial charge in [-0.2, -0.15) is 0 Å². The van der Waals surface area contributed by atoms with Crippen LogP contribution < -0.4 is 4.74 Å². The summed E-state index contributed by atoms with van der Waals surface area (Å²) >= 11 is 2.10. The molecular formula is C36H36BIO6. The third-order valence-corrected chi connectivity index (χ3v) is 10.2. The van der Waals surface area contributed by atoms with Gasteiger partial charge in [0.2, 0.25) is 0 Å². The van der Waals surface area contributed by atoms with Gasteiger partial charge in [-0.3, -0.25) is 9.59 Å². The Balaban J connectivity index is 1.37. The second kappa shape index (κ2) is 12.7. The lowest BCUT2D eigenvalue weighted by atomic mass is 9.53. The van der Waals surface area contributed by atoms with Gasteiger partial charge in [0.05, 0.1) is 16.8 Å². The lowest BCUT2D eigenvalue weighted by molar-refractivity contribution is 0.0594. The molecule has 1 saturated heterocycles. The molecule has 0 bridgehead atoms. The average molecular weight is 702 g/mol. The SMILES string of the molecule is COc1cc(/C=C(/CC[C@H]2OB(O)C[C@H]3C2=C(C(C)C)C[C@H]2C(=O)c4ccccc4C(=O)[C@H]23)c2ccccc2)cc(I)c1O. The summed E-state index contributed by atoms with van der Waals surface area (Å²) in [5.74, 6) is -0.425. The molecule has 0 unspecified atom stereocenters. The summed E-state index contributed by atoms with van der Waals surface area (Å²) in [5, 5.41) is 21.4. The highest BCUT2D eigenvalue weighted by Crippen LogP contribution is 2.52. The van der Waals surface area contributed by atoms with Crippen LogP contribution in [-0.2, 0) is 4.65 Å². The Hall–Kier alpha value is -3.21. The van der Waals surface area contributed by atoms with Crippen LogP contribution >= 0.6 is 22.6 Å². The van der Waals surface area contributed by atoms with Gasteiger partial charge in [0.15, 0.2) is 23.1 Å². The van der Waals surface area contributed by atoms with Gasteiger partial charge in [-0.05, 0) is 94.4 Å². The van der Waals surface area contributed by atoms with Crippen molar-refractivity contribution in [1.29, 1.82) is 0 Å².